The molecule has 0 radical (unpaired) electrons. The number of piperidine rings is 1. The normalized spacial score (nSPS) is 20.7. The first-order chi connectivity index (χ1) is 13.0. The number of carbonyl (C=O) groups excluding carboxylic acids is 1. The number of hydrogen-bond donors (Lipinski definition) is 0. The van der Waals surface area contributed by atoms with E-state index >= 15 is 0 Å². The Morgan fingerprint density at radius 1 is 1.41 bits per heavy atom. The van der Waals surface area contributed by atoms with E-state index in [1.54, 1.807) is 18.3 Å². The lowest BCUT2D eigenvalue weighted by Gasteiger charge is -2.35. The lowest BCUT2D eigenvalue weighted by molar-refractivity contribution is -0.130. The molecule has 5 nitrogen and oxygen atoms in total. The molecule has 0 unspecified atom stereocenters. The maximum Gasteiger partial charge on any atom is 0.220 e. The molecule has 1 amide bonds. The average molecular weight is 389 g/mol. The number of rotatable bonds is 5. The Kier molecular flexibility index (Phi) is 4.88. The van der Waals surface area contributed by atoms with Crippen molar-refractivity contribution >= 4 is 23.1 Å². The van der Waals surface area contributed by atoms with Crippen LogP contribution in [0.1, 0.15) is 44.4 Å². The Morgan fingerprint density at radius 2 is 2.19 bits per heavy atom. The summed E-state index contributed by atoms with van der Waals surface area (Å²) in [4.78, 5) is 24.5. The molecular weight excluding hydrogens is 363 g/mol. The van der Waals surface area contributed by atoms with Crippen molar-refractivity contribution in [3.05, 3.63) is 40.2 Å². The van der Waals surface area contributed by atoms with E-state index in [1.807, 2.05) is 16.7 Å². The highest BCUT2D eigenvalue weighted by atomic mass is 32.1. The fraction of sp³-hybridized carbons (Fsp3) is 0.550. The zero-order valence-electron chi connectivity index (χ0n) is 15.8. The molecule has 1 aliphatic heterocycles. The molecule has 27 heavy (non-hydrogen) atoms. The molecule has 2 aromatic heterocycles. The summed E-state index contributed by atoms with van der Waals surface area (Å²) < 4.78 is 14.6. The van der Waals surface area contributed by atoms with Crippen LogP contribution < -0.4 is 4.90 Å². The molecule has 1 atom stereocenters. The molecule has 0 aromatic carbocycles. The Bertz CT molecular complexity index is 817. The molecule has 7 heteroatoms. The summed E-state index contributed by atoms with van der Waals surface area (Å²) in [6, 6.07) is 2.39. The third kappa shape index (κ3) is 3.45. The summed E-state index contributed by atoms with van der Waals surface area (Å²) in [5.74, 6) is 0.279. The number of hydrogen-bond acceptors (Lipinski definition) is 5. The van der Waals surface area contributed by atoms with Crippen LogP contribution in [0.25, 0.3) is 0 Å². The van der Waals surface area contributed by atoms with E-state index in [4.69, 9.17) is 0 Å². The minimum atomic E-state index is -0.286. The predicted octanol–water partition coefficient (Wildman–Crippen LogP) is 3.65. The summed E-state index contributed by atoms with van der Waals surface area (Å²) in [5, 5.41) is 4.16. The van der Waals surface area contributed by atoms with Gasteiger partial charge in [0.2, 0.25) is 5.91 Å². The number of halogens is 1. The van der Waals surface area contributed by atoms with E-state index in [9.17, 15) is 9.18 Å². The first-order valence-corrected chi connectivity index (χ1v) is 10.5. The van der Waals surface area contributed by atoms with E-state index in [0.717, 1.165) is 32.4 Å². The van der Waals surface area contributed by atoms with Crippen molar-refractivity contribution in [1.82, 2.24) is 14.9 Å². The van der Waals surface area contributed by atoms with Gasteiger partial charge in [-0.3, -0.25) is 4.79 Å². The molecule has 4 rings (SSSR count). The van der Waals surface area contributed by atoms with E-state index in [-0.39, 0.29) is 17.1 Å². The van der Waals surface area contributed by atoms with Gasteiger partial charge in [-0.25, -0.2) is 14.4 Å². The van der Waals surface area contributed by atoms with Crippen LogP contribution in [0.5, 0.6) is 0 Å². The first kappa shape index (κ1) is 18.3. The summed E-state index contributed by atoms with van der Waals surface area (Å²) in [6.07, 6.45) is 5.01. The second-order valence-electron chi connectivity index (χ2n) is 7.66. The molecule has 144 valence electrons. The average Bonchev–Trinajstić information content (AvgIpc) is 3.10. The van der Waals surface area contributed by atoms with Crippen LogP contribution in [0, 0.1) is 11.2 Å². The van der Waals surface area contributed by atoms with Crippen LogP contribution in [-0.4, -0.2) is 39.9 Å². The van der Waals surface area contributed by atoms with Crippen molar-refractivity contribution < 1.29 is 9.18 Å². The largest absolute Gasteiger partial charge is 0.354 e. The van der Waals surface area contributed by atoms with Crippen LogP contribution in [0.2, 0.25) is 0 Å². The Balaban J connectivity index is 1.43. The Hall–Kier alpha value is -2.02. The van der Waals surface area contributed by atoms with Crippen molar-refractivity contribution in [1.29, 1.82) is 0 Å². The van der Waals surface area contributed by atoms with Crippen molar-refractivity contribution in [2.45, 2.75) is 52.1 Å². The van der Waals surface area contributed by atoms with Gasteiger partial charge in [-0.15, -0.1) is 0 Å². The monoisotopic (exact) mass is 388 g/mol. The van der Waals surface area contributed by atoms with Gasteiger partial charge < -0.3 is 9.80 Å². The zero-order chi connectivity index (χ0) is 19.0. The minimum Gasteiger partial charge on any atom is -0.354 e. The van der Waals surface area contributed by atoms with E-state index in [2.05, 4.69) is 26.8 Å². The second kappa shape index (κ2) is 7.19. The highest BCUT2D eigenvalue weighted by Crippen LogP contribution is 2.57. The van der Waals surface area contributed by atoms with Crippen LogP contribution in [0.15, 0.2) is 23.2 Å². The minimum absolute atomic E-state index is 0.139. The number of aryl methyl sites for hydroxylation is 1. The lowest BCUT2D eigenvalue weighted by atomic mass is 9.92. The van der Waals surface area contributed by atoms with Gasteiger partial charge in [0, 0.05) is 32.6 Å². The summed E-state index contributed by atoms with van der Waals surface area (Å²) in [5.41, 5.74) is 1.86. The molecule has 2 aliphatic rings. The maximum atomic E-state index is 14.6. The Labute approximate surface area is 163 Å². The standard InChI is InChI=1S/C20H25FN4OS/c1-3-16-18(21)19(23-13-22-16)24-7-5-20(6-8-24)10-17(20)25(14(2)26)11-15-4-9-27-12-15/h4,9,12-13,17H,3,5-8,10-11H2,1-2H3/t17-/m0/s1. The fourth-order valence-corrected chi connectivity index (χ4v) is 5.01. The highest BCUT2D eigenvalue weighted by molar-refractivity contribution is 7.07. The van der Waals surface area contributed by atoms with E-state index in [1.165, 1.54) is 11.9 Å². The molecule has 2 fully saturated rings. The number of anilines is 1. The van der Waals surface area contributed by atoms with Gasteiger partial charge in [-0.1, -0.05) is 6.92 Å². The number of carbonyl (C=O) groups is 1. The second-order valence-corrected chi connectivity index (χ2v) is 8.44. The molecule has 1 spiro atoms. The van der Waals surface area contributed by atoms with Gasteiger partial charge in [0.1, 0.15) is 6.33 Å². The number of aromatic nitrogens is 2. The van der Waals surface area contributed by atoms with Gasteiger partial charge in [-0.2, -0.15) is 11.3 Å². The fourth-order valence-electron chi connectivity index (χ4n) is 4.35. The topological polar surface area (TPSA) is 49.3 Å². The smallest absolute Gasteiger partial charge is 0.220 e. The summed E-state index contributed by atoms with van der Waals surface area (Å²) in [6.45, 7) is 5.81. The molecule has 1 saturated carbocycles. The van der Waals surface area contributed by atoms with Gasteiger partial charge in [0.05, 0.1) is 5.69 Å². The third-order valence-electron chi connectivity index (χ3n) is 6.10. The van der Waals surface area contributed by atoms with E-state index < -0.39 is 0 Å². The molecule has 1 saturated heterocycles. The number of nitrogens with zero attached hydrogens (tertiary/aromatic N) is 4. The molecular formula is C20H25FN4OS. The van der Waals surface area contributed by atoms with Crippen molar-refractivity contribution in [2.75, 3.05) is 18.0 Å². The van der Waals surface area contributed by atoms with Crippen LogP contribution in [0.4, 0.5) is 10.2 Å². The lowest BCUT2D eigenvalue weighted by Crippen LogP contribution is -2.40. The zero-order valence-corrected chi connectivity index (χ0v) is 16.6. The first-order valence-electron chi connectivity index (χ1n) is 9.56. The van der Waals surface area contributed by atoms with Crippen molar-refractivity contribution in [2.24, 2.45) is 5.41 Å². The van der Waals surface area contributed by atoms with Crippen molar-refractivity contribution in [3.8, 4) is 0 Å². The SMILES string of the molecule is CCc1ncnc(N2CCC3(CC2)C[C@@H]3N(Cc2ccsc2)C(C)=O)c1F. The number of thiophene rings is 1. The summed E-state index contributed by atoms with van der Waals surface area (Å²) in [7, 11) is 0. The van der Waals surface area contributed by atoms with Gasteiger partial charge in [0.25, 0.3) is 0 Å². The Morgan fingerprint density at radius 3 is 2.81 bits per heavy atom. The predicted molar refractivity (Wildman–Crippen MR) is 104 cm³/mol. The molecule has 0 bridgehead atoms. The van der Waals surface area contributed by atoms with Gasteiger partial charge in [-0.05, 0) is 53.5 Å². The molecule has 2 aromatic rings. The van der Waals surface area contributed by atoms with Gasteiger partial charge in [0.15, 0.2) is 11.6 Å². The van der Waals surface area contributed by atoms with Crippen molar-refractivity contribution in [3.63, 3.8) is 0 Å². The van der Waals surface area contributed by atoms with Crippen LogP contribution in [-0.2, 0) is 17.8 Å². The molecule has 1 aliphatic carbocycles. The van der Waals surface area contributed by atoms with E-state index in [0.29, 0.717) is 30.5 Å². The van der Waals surface area contributed by atoms with Crippen LogP contribution >= 0.6 is 11.3 Å². The summed E-state index contributed by atoms with van der Waals surface area (Å²) >= 11 is 1.66. The molecule has 3 heterocycles. The maximum absolute atomic E-state index is 14.6. The number of amides is 1. The highest BCUT2D eigenvalue weighted by Gasteiger charge is 2.58. The molecule has 0 N–H and O–H groups in total. The van der Waals surface area contributed by atoms with Crippen LogP contribution in [0.3, 0.4) is 0 Å². The van der Waals surface area contributed by atoms with Gasteiger partial charge >= 0.3 is 0 Å². The quantitative estimate of drug-likeness (QED) is 0.785. The third-order valence-corrected chi connectivity index (χ3v) is 6.83.